The molecule has 5 rings (SSSR count). The van der Waals surface area contributed by atoms with Crippen molar-refractivity contribution in [2.24, 2.45) is 5.92 Å². The lowest BCUT2D eigenvalue weighted by Gasteiger charge is -2.19. The molecule has 0 amide bonds. The molecule has 0 radical (unpaired) electrons. The molecule has 5 nitrogen and oxygen atoms in total. The molecule has 0 spiro atoms. The fourth-order valence-corrected chi connectivity index (χ4v) is 4.31. The number of nitrogens with one attached hydrogen (secondary N) is 1. The first-order valence-electron chi connectivity index (χ1n) is 9.52. The molecule has 0 atom stereocenters. The quantitative estimate of drug-likeness (QED) is 0.765. The summed E-state index contributed by atoms with van der Waals surface area (Å²) in [6.07, 6.45) is 9.11. The summed E-state index contributed by atoms with van der Waals surface area (Å²) in [4.78, 5) is 16.1. The highest BCUT2D eigenvalue weighted by Gasteiger charge is 2.27. The molecule has 1 aliphatic carbocycles. The fraction of sp³-hybridized carbons (Fsp3) is 0.381. The van der Waals surface area contributed by atoms with Crippen LogP contribution in [-0.4, -0.2) is 26.4 Å². The van der Waals surface area contributed by atoms with Gasteiger partial charge in [0.15, 0.2) is 0 Å². The van der Waals surface area contributed by atoms with E-state index in [0.29, 0.717) is 0 Å². The van der Waals surface area contributed by atoms with Crippen LogP contribution < -0.4 is 5.32 Å². The van der Waals surface area contributed by atoms with E-state index >= 15 is 0 Å². The second-order valence-corrected chi connectivity index (χ2v) is 7.51. The molecule has 1 saturated carbocycles. The van der Waals surface area contributed by atoms with Crippen LogP contribution in [0.4, 0.5) is 11.5 Å². The van der Waals surface area contributed by atoms with Crippen molar-refractivity contribution in [3.05, 3.63) is 54.1 Å². The number of fused-ring (bicyclic) bond motifs is 2. The molecule has 26 heavy (non-hydrogen) atoms. The Kier molecular flexibility index (Phi) is 4.02. The first-order valence-corrected chi connectivity index (χ1v) is 9.52. The van der Waals surface area contributed by atoms with Crippen molar-refractivity contribution in [2.75, 3.05) is 11.9 Å². The van der Waals surface area contributed by atoms with E-state index in [0.717, 1.165) is 47.1 Å². The predicted octanol–water partition coefficient (Wildman–Crippen LogP) is 4.27. The monoisotopic (exact) mass is 345 g/mol. The van der Waals surface area contributed by atoms with Crippen LogP contribution >= 0.6 is 0 Å². The van der Waals surface area contributed by atoms with Gasteiger partial charge in [0.05, 0.1) is 23.1 Å². The number of para-hydroxylation sites is 1. The highest BCUT2D eigenvalue weighted by atomic mass is 15.2. The van der Waals surface area contributed by atoms with Crippen LogP contribution in [0.5, 0.6) is 0 Å². The molecule has 2 aliphatic rings. The Morgan fingerprint density at radius 3 is 2.85 bits per heavy atom. The average Bonchev–Trinajstić information content (AvgIpc) is 3.32. The van der Waals surface area contributed by atoms with Gasteiger partial charge in [-0.15, -0.1) is 0 Å². The van der Waals surface area contributed by atoms with Crippen LogP contribution in [0.2, 0.25) is 0 Å². The maximum Gasteiger partial charge on any atom is 0.138 e. The smallest absolute Gasteiger partial charge is 0.138 e. The number of anilines is 2. The Bertz CT molecular complexity index is 933. The summed E-state index contributed by atoms with van der Waals surface area (Å²) < 4.78 is 0. The Morgan fingerprint density at radius 1 is 1.04 bits per heavy atom. The van der Waals surface area contributed by atoms with E-state index in [1.54, 1.807) is 6.33 Å². The van der Waals surface area contributed by atoms with Gasteiger partial charge in [-0.1, -0.05) is 31.0 Å². The van der Waals surface area contributed by atoms with Crippen LogP contribution in [0.25, 0.3) is 10.9 Å². The third-order valence-corrected chi connectivity index (χ3v) is 5.63. The summed E-state index contributed by atoms with van der Waals surface area (Å²) in [5.74, 6) is 1.78. The summed E-state index contributed by atoms with van der Waals surface area (Å²) in [5.41, 5.74) is 4.38. The molecule has 0 unspecified atom stereocenters. The Hall–Kier alpha value is -2.53. The van der Waals surface area contributed by atoms with Crippen LogP contribution in [0, 0.1) is 5.92 Å². The molecule has 1 N–H and O–H groups in total. The van der Waals surface area contributed by atoms with E-state index in [1.165, 1.54) is 37.8 Å². The van der Waals surface area contributed by atoms with E-state index in [9.17, 15) is 0 Å². The molecule has 2 aromatic heterocycles. The lowest BCUT2D eigenvalue weighted by molar-refractivity contribution is 0.236. The van der Waals surface area contributed by atoms with Crippen molar-refractivity contribution >= 4 is 22.4 Å². The van der Waals surface area contributed by atoms with Crippen molar-refractivity contribution < 1.29 is 0 Å². The molecule has 1 aliphatic heterocycles. The lowest BCUT2D eigenvalue weighted by atomic mass is 10.1. The molecule has 3 aromatic rings. The number of hydrogen-bond acceptors (Lipinski definition) is 5. The average molecular weight is 345 g/mol. The third kappa shape index (κ3) is 3.03. The van der Waals surface area contributed by atoms with Gasteiger partial charge < -0.3 is 5.32 Å². The number of nitrogens with zero attached hydrogens (tertiary/aromatic N) is 4. The van der Waals surface area contributed by atoms with Gasteiger partial charge >= 0.3 is 0 Å². The van der Waals surface area contributed by atoms with Gasteiger partial charge in [0.25, 0.3) is 0 Å². The summed E-state index contributed by atoms with van der Waals surface area (Å²) >= 11 is 0. The van der Waals surface area contributed by atoms with Crippen LogP contribution in [0.3, 0.4) is 0 Å². The van der Waals surface area contributed by atoms with Gasteiger partial charge in [-0.05, 0) is 30.9 Å². The zero-order valence-electron chi connectivity index (χ0n) is 14.9. The fourth-order valence-electron chi connectivity index (χ4n) is 4.31. The molecular formula is C21H23N5. The Balaban J connectivity index is 1.36. The standard InChI is InChI=1S/C21H23N5/c1-2-6-15(5-1)11-26-12-18-20(13-26)23-14-24-21(18)25-17-9-16-7-3-4-8-19(16)22-10-17/h3-4,7-10,14-15H,1-2,5-6,11-13H2,(H,23,24,25). The van der Waals surface area contributed by atoms with Gasteiger partial charge in [0, 0.05) is 30.6 Å². The number of hydrogen-bond donors (Lipinski definition) is 1. The van der Waals surface area contributed by atoms with Gasteiger partial charge in [-0.3, -0.25) is 9.88 Å². The van der Waals surface area contributed by atoms with Crippen molar-refractivity contribution in [2.45, 2.75) is 38.8 Å². The van der Waals surface area contributed by atoms with Gasteiger partial charge in [-0.2, -0.15) is 0 Å². The van der Waals surface area contributed by atoms with E-state index < -0.39 is 0 Å². The molecular weight excluding hydrogens is 322 g/mol. The van der Waals surface area contributed by atoms with Crippen LogP contribution in [-0.2, 0) is 13.1 Å². The zero-order chi connectivity index (χ0) is 17.3. The molecule has 0 bridgehead atoms. The highest BCUT2D eigenvalue weighted by molar-refractivity contribution is 5.82. The summed E-state index contributed by atoms with van der Waals surface area (Å²) in [6, 6.07) is 10.3. The lowest BCUT2D eigenvalue weighted by Crippen LogP contribution is -2.23. The number of benzene rings is 1. The maximum atomic E-state index is 4.54. The SMILES string of the molecule is c1ccc2ncc(Nc3ncnc4c3CN(CC3CCCC3)C4)cc2c1. The van der Waals surface area contributed by atoms with Crippen LogP contribution in [0.15, 0.2) is 42.9 Å². The van der Waals surface area contributed by atoms with Crippen molar-refractivity contribution in [1.82, 2.24) is 19.9 Å². The van der Waals surface area contributed by atoms with Gasteiger partial charge in [0.1, 0.15) is 12.1 Å². The Morgan fingerprint density at radius 2 is 1.92 bits per heavy atom. The number of pyridine rings is 1. The predicted molar refractivity (Wildman–Crippen MR) is 103 cm³/mol. The number of rotatable bonds is 4. The second-order valence-electron chi connectivity index (χ2n) is 7.51. The van der Waals surface area contributed by atoms with E-state index in [1.807, 2.05) is 24.4 Å². The minimum atomic E-state index is 0.860. The first kappa shape index (κ1) is 15.7. The van der Waals surface area contributed by atoms with Crippen LogP contribution in [0.1, 0.15) is 36.9 Å². The van der Waals surface area contributed by atoms with E-state index in [2.05, 4.69) is 37.3 Å². The molecule has 5 heteroatoms. The second kappa shape index (κ2) is 6.65. The minimum absolute atomic E-state index is 0.860. The third-order valence-electron chi connectivity index (χ3n) is 5.63. The van der Waals surface area contributed by atoms with Gasteiger partial charge in [0.2, 0.25) is 0 Å². The molecule has 132 valence electrons. The van der Waals surface area contributed by atoms with Gasteiger partial charge in [-0.25, -0.2) is 9.97 Å². The normalized spacial score (nSPS) is 17.7. The zero-order valence-corrected chi connectivity index (χ0v) is 14.9. The largest absolute Gasteiger partial charge is 0.339 e. The molecule has 1 fully saturated rings. The summed E-state index contributed by atoms with van der Waals surface area (Å²) in [5, 5.41) is 4.60. The van der Waals surface area contributed by atoms with E-state index in [-0.39, 0.29) is 0 Å². The molecule has 1 aromatic carbocycles. The highest BCUT2D eigenvalue weighted by Crippen LogP contribution is 2.32. The van der Waals surface area contributed by atoms with Crippen molar-refractivity contribution in [1.29, 1.82) is 0 Å². The first-order chi connectivity index (χ1) is 12.8. The Labute approximate surface area is 153 Å². The molecule has 0 saturated heterocycles. The topological polar surface area (TPSA) is 53.9 Å². The maximum absolute atomic E-state index is 4.54. The number of aromatic nitrogens is 3. The summed E-state index contributed by atoms with van der Waals surface area (Å²) in [6.45, 7) is 3.07. The van der Waals surface area contributed by atoms with E-state index in [4.69, 9.17) is 0 Å². The molecule has 3 heterocycles. The summed E-state index contributed by atoms with van der Waals surface area (Å²) in [7, 11) is 0. The van der Waals surface area contributed by atoms with Crippen molar-refractivity contribution in [3.8, 4) is 0 Å². The van der Waals surface area contributed by atoms with Crippen molar-refractivity contribution in [3.63, 3.8) is 0 Å². The minimum Gasteiger partial charge on any atom is -0.339 e.